The number of methoxy groups -OCH3 is 1. The van der Waals surface area contributed by atoms with Gasteiger partial charge in [-0.05, 0) is 12.8 Å². The first-order valence-corrected chi connectivity index (χ1v) is 6.96. The zero-order valence-electron chi connectivity index (χ0n) is 12.5. The smallest absolute Gasteiger partial charge is 0.144 e. The molecule has 0 aromatic carbocycles. The maximum atomic E-state index is 5.20. The molecule has 0 atom stereocenters. The number of hydrogen-bond donors (Lipinski definition) is 1. The van der Waals surface area contributed by atoms with Crippen LogP contribution < -0.4 is 5.32 Å². The molecule has 108 valence electrons. The van der Waals surface area contributed by atoms with Crippen molar-refractivity contribution in [3.8, 4) is 0 Å². The van der Waals surface area contributed by atoms with Crippen molar-refractivity contribution in [3.63, 3.8) is 0 Å². The molecule has 5 nitrogen and oxygen atoms in total. The molecule has 1 aromatic rings. The minimum absolute atomic E-state index is 0.570. The van der Waals surface area contributed by atoms with Gasteiger partial charge in [0.25, 0.3) is 0 Å². The molecule has 1 N–H and O–H groups in total. The van der Waals surface area contributed by atoms with Gasteiger partial charge in [0.05, 0.1) is 24.7 Å². The van der Waals surface area contributed by atoms with Gasteiger partial charge < -0.3 is 10.1 Å². The van der Waals surface area contributed by atoms with Crippen LogP contribution in [0, 0.1) is 0 Å². The molecule has 0 aliphatic carbocycles. The van der Waals surface area contributed by atoms with Crippen LogP contribution in [0.5, 0.6) is 0 Å². The quantitative estimate of drug-likeness (QED) is 0.742. The van der Waals surface area contributed by atoms with Crippen LogP contribution in [0.2, 0.25) is 0 Å². The summed E-state index contributed by atoms with van der Waals surface area (Å²) in [5.74, 6) is 0.801. The normalized spacial score (nSPS) is 11.3. The first-order chi connectivity index (χ1) is 9.24. The molecule has 19 heavy (non-hydrogen) atoms. The van der Waals surface area contributed by atoms with E-state index in [1.807, 2.05) is 13.2 Å². The van der Waals surface area contributed by atoms with E-state index in [9.17, 15) is 0 Å². The third-order valence-corrected chi connectivity index (χ3v) is 3.37. The van der Waals surface area contributed by atoms with Gasteiger partial charge in [0.2, 0.25) is 0 Å². The summed E-state index contributed by atoms with van der Waals surface area (Å²) >= 11 is 0. The number of ether oxygens (including phenoxy) is 1. The van der Waals surface area contributed by atoms with Gasteiger partial charge in [-0.25, -0.2) is 4.98 Å². The number of nitrogens with one attached hydrogen (secondary N) is 1. The fourth-order valence-electron chi connectivity index (χ4n) is 2.18. The number of hydrogen-bond acceptors (Lipinski definition) is 5. The second kappa shape index (κ2) is 8.82. The van der Waals surface area contributed by atoms with Gasteiger partial charge in [-0.15, -0.1) is 0 Å². The van der Waals surface area contributed by atoms with Crippen LogP contribution in [0.25, 0.3) is 0 Å². The fraction of sp³-hybridized carbons (Fsp3) is 0.714. The number of aromatic nitrogens is 2. The Morgan fingerprint density at radius 1 is 1.26 bits per heavy atom. The number of nitrogens with zero attached hydrogens (tertiary/aromatic N) is 3. The highest BCUT2D eigenvalue weighted by atomic mass is 16.5. The Morgan fingerprint density at radius 2 is 2.00 bits per heavy atom. The number of anilines is 1. The van der Waals surface area contributed by atoms with Gasteiger partial charge in [-0.2, -0.15) is 0 Å². The molecule has 1 rings (SSSR count). The molecule has 1 heterocycles. The Hall–Kier alpha value is -1.20. The highest BCUT2D eigenvalue weighted by molar-refractivity contribution is 5.29. The van der Waals surface area contributed by atoms with Crippen LogP contribution in [0.4, 0.5) is 5.82 Å². The van der Waals surface area contributed by atoms with Crippen molar-refractivity contribution in [2.45, 2.75) is 39.3 Å². The van der Waals surface area contributed by atoms with Crippen molar-refractivity contribution >= 4 is 5.82 Å². The van der Waals surface area contributed by atoms with Crippen molar-refractivity contribution in [1.82, 2.24) is 14.9 Å². The van der Waals surface area contributed by atoms with Gasteiger partial charge in [-0.1, -0.05) is 13.8 Å². The average Bonchev–Trinajstić information content (AvgIpc) is 2.46. The van der Waals surface area contributed by atoms with Gasteiger partial charge in [-0.3, -0.25) is 9.88 Å². The SMILES string of the molecule is CCC(CC)N(CCOC)Cc1cnc(NC)cn1. The van der Waals surface area contributed by atoms with Crippen LogP contribution in [0.1, 0.15) is 32.4 Å². The Labute approximate surface area is 116 Å². The van der Waals surface area contributed by atoms with Crippen LogP contribution in [0.3, 0.4) is 0 Å². The molecule has 0 spiro atoms. The van der Waals surface area contributed by atoms with E-state index in [2.05, 4.69) is 34.0 Å². The Morgan fingerprint density at radius 3 is 2.47 bits per heavy atom. The summed E-state index contributed by atoms with van der Waals surface area (Å²) in [7, 11) is 3.59. The second-order valence-corrected chi connectivity index (χ2v) is 4.58. The summed E-state index contributed by atoms with van der Waals surface area (Å²) in [5.41, 5.74) is 1.00. The van der Waals surface area contributed by atoms with Gasteiger partial charge in [0.15, 0.2) is 0 Å². The van der Waals surface area contributed by atoms with E-state index in [1.165, 1.54) is 0 Å². The Bertz CT molecular complexity index is 338. The summed E-state index contributed by atoms with van der Waals surface area (Å²) < 4.78 is 5.20. The lowest BCUT2D eigenvalue weighted by Gasteiger charge is -2.29. The van der Waals surface area contributed by atoms with E-state index >= 15 is 0 Å². The van der Waals surface area contributed by atoms with Gasteiger partial charge in [0, 0.05) is 33.3 Å². The third-order valence-electron chi connectivity index (χ3n) is 3.37. The molecule has 0 unspecified atom stereocenters. The molecular formula is C14H26N4O. The predicted molar refractivity (Wildman–Crippen MR) is 78.2 cm³/mol. The van der Waals surface area contributed by atoms with E-state index in [4.69, 9.17) is 4.74 Å². The van der Waals surface area contributed by atoms with Crippen molar-refractivity contribution in [3.05, 3.63) is 18.1 Å². The van der Waals surface area contributed by atoms with Gasteiger partial charge >= 0.3 is 0 Å². The maximum absolute atomic E-state index is 5.20. The molecule has 5 heteroatoms. The van der Waals surface area contributed by atoms with Crippen LogP contribution in [-0.2, 0) is 11.3 Å². The standard InChI is InChI=1S/C14H26N4O/c1-5-13(6-2)18(7-8-19-4)11-12-9-17-14(15-3)10-16-12/h9-10,13H,5-8,11H2,1-4H3,(H,15,17). The van der Waals surface area contributed by atoms with Crippen LogP contribution in [-0.4, -0.2) is 48.2 Å². The zero-order valence-corrected chi connectivity index (χ0v) is 12.5. The average molecular weight is 266 g/mol. The Balaban J connectivity index is 2.68. The fourth-order valence-corrected chi connectivity index (χ4v) is 2.18. The van der Waals surface area contributed by atoms with Crippen molar-refractivity contribution in [1.29, 1.82) is 0 Å². The van der Waals surface area contributed by atoms with E-state index in [0.717, 1.165) is 44.0 Å². The molecule has 0 amide bonds. The highest BCUT2D eigenvalue weighted by Crippen LogP contribution is 2.12. The van der Waals surface area contributed by atoms with Gasteiger partial charge in [0.1, 0.15) is 5.82 Å². The Kier molecular flexibility index (Phi) is 7.36. The van der Waals surface area contributed by atoms with Crippen molar-refractivity contribution in [2.75, 3.05) is 32.6 Å². The first kappa shape index (κ1) is 15.9. The molecule has 0 radical (unpaired) electrons. The molecule has 0 bridgehead atoms. The number of rotatable bonds is 9. The van der Waals surface area contributed by atoms with E-state index in [0.29, 0.717) is 6.04 Å². The summed E-state index contributed by atoms with van der Waals surface area (Å²) in [5, 5.41) is 2.98. The summed E-state index contributed by atoms with van der Waals surface area (Å²) in [6.07, 6.45) is 5.90. The van der Waals surface area contributed by atoms with Crippen molar-refractivity contribution in [2.24, 2.45) is 0 Å². The lowest BCUT2D eigenvalue weighted by atomic mass is 10.1. The zero-order chi connectivity index (χ0) is 14.1. The van der Waals surface area contributed by atoms with E-state index < -0.39 is 0 Å². The molecular weight excluding hydrogens is 240 g/mol. The molecule has 0 aliphatic rings. The summed E-state index contributed by atoms with van der Waals surface area (Å²) in [6.45, 7) is 6.96. The largest absolute Gasteiger partial charge is 0.383 e. The summed E-state index contributed by atoms with van der Waals surface area (Å²) in [4.78, 5) is 11.2. The molecule has 0 aliphatic heterocycles. The molecule has 0 saturated heterocycles. The van der Waals surface area contributed by atoms with Crippen LogP contribution >= 0.6 is 0 Å². The van der Waals surface area contributed by atoms with Crippen molar-refractivity contribution < 1.29 is 4.74 Å². The lowest BCUT2D eigenvalue weighted by Crippen LogP contribution is -2.36. The third kappa shape index (κ3) is 5.12. The minimum Gasteiger partial charge on any atom is -0.383 e. The maximum Gasteiger partial charge on any atom is 0.144 e. The van der Waals surface area contributed by atoms with E-state index in [-0.39, 0.29) is 0 Å². The molecule has 1 aromatic heterocycles. The van der Waals surface area contributed by atoms with Crippen LogP contribution in [0.15, 0.2) is 12.4 Å². The lowest BCUT2D eigenvalue weighted by molar-refractivity contribution is 0.109. The minimum atomic E-state index is 0.570. The molecule has 0 fully saturated rings. The topological polar surface area (TPSA) is 50.3 Å². The molecule has 0 saturated carbocycles. The first-order valence-electron chi connectivity index (χ1n) is 6.96. The second-order valence-electron chi connectivity index (χ2n) is 4.58. The highest BCUT2D eigenvalue weighted by Gasteiger charge is 2.15. The monoisotopic (exact) mass is 266 g/mol. The summed E-state index contributed by atoms with van der Waals surface area (Å²) in [6, 6.07) is 0.570. The predicted octanol–water partition coefficient (Wildman–Crippen LogP) is 2.16. The van der Waals surface area contributed by atoms with E-state index in [1.54, 1.807) is 13.3 Å².